The van der Waals surface area contributed by atoms with Gasteiger partial charge in [0.25, 0.3) is 0 Å². The lowest BCUT2D eigenvalue weighted by Crippen LogP contribution is -2.11. The molecule has 0 fully saturated rings. The highest BCUT2D eigenvalue weighted by molar-refractivity contribution is 8.00. The van der Waals surface area contributed by atoms with Gasteiger partial charge in [0.1, 0.15) is 22.5 Å². The van der Waals surface area contributed by atoms with Crippen LogP contribution in [-0.2, 0) is 0 Å². The van der Waals surface area contributed by atoms with Gasteiger partial charge in [0.2, 0.25) is 0 Å². The van der Waals surface area contributed by atoms with Crippen LogP contribution < -0.4 is 14.2 Å². The van der Waals surface area contributed by atoms with Gasteiger partial charge < -0.3 is 14.2 Å². The monoisotopic (exact) mass is 565 g/mol. The third kappa shape index (κ3) is 6.28. The Morgan fingerprint density at radius 3 is 2.07 bits per heavy atom. The van der Waals surface area contributed by atoms with Gasteiger partial charge in [-0.25, -0.2) is 0 Å². The zero-order valence-electron chi connectivity index (χ0n) is 23.4. The molecule has 5 rings (SSSR count). The Kier molecular flexibility index (Phi) is 8.70. The number of ketones is 1. The van der Waals surface area contributed by atoms with E-state index in [-0.39, 0.29) is 5.78 Å². The van der Waals surface area contributed by atoms with E-state index in [1.165, 1.54) is 11.8 Å². The van der Waals surface area contributed by atoms with Crippen LogP contribution in [0.5, 0.6) is 17.2 Å². The van der Waals surface area contributed by atoms with Gasteiger partial charge in [0.15, 0.2) is 16.8 Å². The predicted molar refractivity (Wildman–Crippen MR) is 162 cm³/mol. The number of carbonyl (C=O) groups is 1. The molecule has 5 aromatic rings. The predicted octanol–water partition coefficient (Wildman–Crippen LogP) is 7.37. The first-order valence-electron chi connectivity index (χ1n) is 13.2. The van der Waals surface area contributed by atoms with Crippen molar-refractivity contribution in [2.45, 2.75) is 24.3 Å². The smallest absolute Gasteiger partial charge is 0.197 e. The van der Waals surface area contributed by atoms with Gasteiger partial charge in [-0.1, -0.05) is 47.7 Å². The molecule has 8 heteroatoms. The van der Waals surface area contributed by atoms with Crippen LogP contribution in [0.2, 0.25) is 0 Å². The lowest BCUT2D eigenvalue weighted by Gasteiger charge is -2.18. The molecule has 0 amide bonds. The number of thioether (sulfide) groups is 1. The highest BCUT2D eigenvalue weighted by Gasteiger charge is 2.28. The molecule has 0 aliphatic heterocycles. The van der Waals surface area contributed by atoms with Crippen LogP contribution in [-0.4, -0.2) is 41.4 Å². The summed E-state index contributed by atoms with van der Waals surface area (Å²) in [5.74, 6) is 2.82. The Bertz CT molecular complexity index is 1610. The molecule has 0 aliphatic carbocycles. The van der Waals surface area contributed by atoms with Crippen LogP contribution in [0, 0.1) is 6.92 Å². The van der Waals surface area contributed by atoms with Gasteiger partial charge >= 0.3 is 0 Å². The fourth-order valence-corrected chi connectivity index (χ4v) is 5.60. The molecule has 1 aromatic heterocycles. The molecule has 1 heterocycles. The molecule has 0 N–H and O–H groups in total. The lowest BCUT2D eigenvalue weighted by molar-refractivity contribution is 0.0989. The van der Waals surface area contributed by atoms with Crippen LogP contribution in [0.4, 0.5) is 0 Å². The molecule has 0 radical (unpaired) electrons. The Morgan fingerprint density at radius 2 is 1.46 bits per heavy atom. The van der Waals surface area contributed by atoms with Crippen molar-refractivity contribution in [1.82, 2.24) is 14.8 Å². The minimum atomic E-state index is -0.592. The second kappa shape index (κ2) is 12.7. The van der Waals surface area contributed by atoms with Gasteiger partial charge in [0.05, 0.1) is 20.8 Å². The summed E-state index contributed by atoms with van der Waals surface area (Å²) in [7, 11) is 3.22. The standard InChI is InChI=1S/C33H31N3O4S/c1-5-40-29-19-13-26(14-20-29)36-32(25-8-6-7-22(2)21-25)34-35-33(36)41-31(24-11-17-28(39-4)18-12-24)30(37)23-9-15-27(38-3)16-10-23/h6-21,31H,5H2,1-4H3/t31-/m1/s1. The summed E-state index contributed by atoms with van der Waals surface area (Å²) in [6.07, 6.45) is 0. The number of aryl methyl sites for hydroxylation is 1. The highest BCUT2D eigenvalue weighted by atomic mass is 32.2. The zero-order chi connectivity index (χ0) is 28.8. The summed E-state index contributed by atoms with van der Waals surface area (Å²) in [6.45, 7) is 4.58. The largest absolute Gasteiger partial charge is 0.497 e. The van der Waals surface area contributed by atoms with E-state index in [1.807, 2.05) is 85.1 Å². The van der Waals surface area contributed by atoms with Crippen molar-refractivity contribution >= 4 is 17.5 Å². The maximum absolute atomic E-state index is 14.0. The van der Waals surface area contributed by atoms with Crippen LogP contribution in [0.15, 0.2) is 102 Å². The van der Waals surface area contributed by atoms with Gasteiger partial charge in [-0.2, -0.15) is 0 Å². The van der Waals surface area contributed by atoms with E-state index in [9.17, 15) is 4.79 Å². The van der Waals surface area contributed by atoms with E-state index in [0.29, 0.717) is 34.7 Å². The zero-order valence-corrected chi connectivity index (χ0v) is 24.2. The summed E-state index contributed by atoms with van der Waals surface area (Å²) < 4.78 is 18.3. The van der Waals surface area contributed by atoms with E-state index in [1.54, 1.807) is 38.5 Å². The van der Waals surface area contributed by atoms with E-state index in [2.05, 4.69) is 16.3 Å². The molecule has 0 spiro atoms. The first kappa shape index (κ1) is 28.0. The molecule has 7 nitrogen and oxygen atoms in total. The molecule has 0 aliphatic rings. The average molecular weight is 566 g/mol. The average Bonchev–Trinajstić information content (AvgIpc) is 3.44. The van der Waals surface area contributed by atoms with Crippen molar-refractivity contribution in [3.63, 3.8) is 0 Å². The topological polar surface area (TPSA) is 75.5 Å². The molecule has 0 bridgehead atoms. The Morgan fingerprint density at radius 1 is 0.829 bits per heavy atom. The third-order valence-electron chi connectivity index (χ3n) is 6.57. The summed E-state index contributed by atoms with van der Waals surface area (Å²) in [5.41, 5.74) is 4.31. The van der Waals surface area contributed by atoms with E-state index >= 15 is 0 Å². The van der Waals surface area contributed by atoms with Crippen molar-refractivity contribution in [3.05, 3.63) is 114 Å². The summed E-state index contributed by atoms with van der Waals surface area (Å²) in [6, 6.07) is 30.7. The third-order valence-corrected chi connectivity index (χ3v) is 7.77. The van der Waals surface area contributed by atoms with Gasteiger partial charge in [-0.15, -0.1) is 10.2 Å². The number of hydrogen-bond acceptors (Lipinski definition) is 7. The first-order valence-corrected chi connectivity index (χ1v) is 14.1. The molecule has 0 unspecified atom stereocenters. The lowest BCUT2D eigenvalue weighted by atomic mass is 10.0. The normalized spacial score (nSPS) is 11.6. The maximum atomic E-state index is 14.0. The fourth-order valence-electron chi connectivity index (χ4n) is 4.47. The number of methoxy groups -OCH3 is 2. The minimum Gasteiger partial charge on any atom is -0.497 e. The molecule has 0 saturated heterocycles. The van der Waals surface area contributed by atoms with Crippen molar-refractivity contribution in [1.29, 1.82) is 0 Å². The molecule has 0 saturated carbocycles. The van der Waals surface area contributed by atoms with Gasteiger partial charge in [-0.3, -0.25) is 9.36 Å². The number of Topliss-reactive ketones (excluding diaryl/α,β-unsaturated/α-hetero) is 1. The number of hydrogen-bond donors (Lipinski definition) is 0. The molecular formula is C33H31N3O4S. The van der Waals surface area contributed by atoms with Crippen molar-refractivity contribution in [3.8, 4) is 34.3 Å². The second-order valence-electron chi connectivity index (χ2n) is 9.30. The quantitative estimate of drug-likeness (QED) is 0.122. The van der Waals surface area contributed by atoms with Crippen LogP contribution in [0.3, 0.4) is 0 Å². The maximum Gasteiger partial charge on any atom is 0.197 e. The number of carbonyl (C=O) groups excluding carboxylic acids is 1. The highest BCUT2D eigenvalue weighted by Crippen LogP contribution is 2.40. The molecule has 208 valence electrons. The van der Waals surface area contributed by atoms with E-state index in [0.717, 1.165) is 28.1 Å². The summed E-state index contributed by atoms with van der Waals surface area (Å²) in [4.78, 5) is 14.0. The van der Waals surface area contributed by atoms with Crippen molar-refractivity contribution in [2.75, 3.05) is 20.8 Å². The number of benzene rings is 4. The number of ether oxygens (including phenoxy) is 3. The van der Waals surface area contributed by atoms with Gasteiger partial charge in [0, 0.05) is 16.8 Å². The molecule has 41 heavy (non-hydrogen) atoms. The summed E-state index contributed by atoms with van der Waals surface area (Å²) >= 11 is 1.36. The van der Waals surface area contributed by atoms with Crippen LogP contribution in [0.1, 0.15) is 33.7 Å². The van der Waals surface area contributed by atoms with Gasteiger partial charge in [-0.05, 0) is 86.1 Å². The molecule has 4 aromatic carbocycles. The van der Waals surface area contributed by atoms with E-state index < -0.39 is 5.25 Å². The minimum absolute atomic E-state index is 0.0545. The number of nitrogens with zero attached hydrogens (tertiary/aromatic N) is 3. The van der Waals surface area contributed by atoms with Crippen LogP contribution in [0.25, 0.3) is 17.1 Å². The first-order chi connectivity index (χ1) is 20.0. The van der Waals surface area contributed by atoms with E-state index in [4.69, 9.17) is 14.2 Å². The Balaban J connectivity index is 1.61. The Labute approximate surface area is 244 Å². The molecular weight excluding hydrogens is 534 g/mol. The Hall–Kier alpha value is -4.56. The SMILES string of the molecule is CCOc1ccc(-n2c(S[C@@H](C(=O)c3ccc(OC)cc3)c3ccc(OC)cc3)nnc2-c2cccc(C)c2)cc1. The van der Waals surface area contributed by atoms with Crippen molar-refractivity contribution < 1.29 is 19.0 Å². The molecule has 1 atom stereocenters. The summed E-state index contributed by atoms with van der Waals surface area (Å²) in [5, 5.41) is 9.21. The fraction of sp³-hybridized carbons (Fsp3) is 0.182. The second-order valence-corrected chi connectivity index (χ2v) is 10.4. The number of aromatic nitrogens is 3. The number of rotatable bonds is 11. The van der Waals surface area contributed by atoms with Crippen LogP contribution >= 0.6 is 11.8 Å². The van der Waals surface area contributed by atoms with Crippen molar-refractivity contribution in [2.24, 2.45) is 0 Å².